The van der Waals surface area contributed by atoms with Crippen molar-refractivity contribution in [3.63, 3.8) is 0 Å². The fourth-order valence-corrected chi connectivity index (χ4v) is 3.30. The third-order valence-electron chi connectivity index (χ3n) is 2.25. The van der Waals surface area contributed by atoms with Gasteiger partial charge in [-0.2, -0.15) is 12.8 Å². The van der Waals surface area contributed by atoms with Gasteiger partial charge in [0.2, 0.25) is 0 Å². The zero-order chi connectivity index (χ0) is 13.2. The van der Waals surface area contributed by atoms with Crippen molar-refractivity contribution in [2.75, 3.05) is 0 Å². The molecule has 1 heterocycles. The highest BCUT2D eigenvalue weighted by molar-refractivity contribution is 7.92. The van der Waals surface area contributed by atoms with E-state index in [0.717, 1.165) is 11.3 Å². The molecule has 0 N–H and O–H groups in total. The van der Waals surface area contributed by atoms with E-state index in [1.165, 1.54) is 25.1 Å². The molecule has 0 saturated heterocycles. The average Bonchev–Trinajstić information content (AvgIpc) is 2.83. The summed E-state index contributed by atoms with van der Waals surface area (Å²) in [6.45, 7) is 1.45. The van der Waals surface area contributed by atoms with Crippen LogP contribution in [-0.4, -0.2) is 14.1 Å². The van der Waals surface area contributed by atoms with E-state index in [-0.39, 0.29) is 9.97 Å². The van der Waals surface area contributed by atoms with E-state index in [0.29, 0.717) is 11.3 Å². The van der Waals surface area contributed by atoms with Gasteiger partial charge in [-0.1, -0.05) is 25.1 Å². The predicted molar refractivity (Wildman–Crippen MR) is 69.9 cm³/mol. The summed E-state index contributed by atoms with van der Waals surface area (Å²) >= 11 is 1.12. The number of rotatable bonds is 2. The lowest BCUT2D eigenvalue weighted by molar-refractivity contribution is -0.302. The maximum Gasteiger partial charge on any atom is 0.292 e. The standard InChI is InChI=1S/C12H11NO3S2/c1-9(14)10-4-6-11(7-5-10)13-18(15,16)12-3-2-8-17-12/h2-8,14H,1H3/p-1. The van der Waals surface area contributed by atoms with Crippen LogP contribution in [0.5, 0.6) is 0 Å². The van der Waals surface area contributed by atoms with Crippen LogP contribution in [0, 0.1) is 0 Å². The Morgan fingerprint density at radius 2 is 1.94 bits per heavy atom. The number of nitrogens with zero attached hydrogens (tertiary/aromatic N) is 1. The van der Waals surface area contributed by atoms with Crippen molar-refractivity contribution in [3.05, 3.63) is 53.1 Å². The quantitative estimate of drug-likeness (QED) is 0.773. The van der Waals surface area contributed by atoms with Gasteiger partial charge in [0.1, 0.15) is 4.21 Å². The van der Waals surface area contributed by atoms with E-state index in [9.17, 15) is 13.5 Å². The molecule has 18 heavy (non-hydrogen) atoms. The maximum atomic E-state index is 11.9. The summed E-state index contributed by atoms with van der Waals surface area (Å²) in [4.78, 5) is 0. The van der Waals surface area contributed by atoms with Crippen LogP contribution in [0.2, 0.25) is 0 Å². The Labute approximate surface area is 109 Å². The summed E-state index contributed by atoms with van der Waals surface area (Å²) < 4.78 is 27.6. The Kier molecular flexibility index (Phi) is 3.49. The molecule has 0 unspecified atom stereocenters. The van der Waals surface area contributed by atoms with E-state index >= 15 is 0 Å². The number of sulfonamides is 1. The summed E-state index contributed by atoms with van der Waals surface area (Å²) in [6, 6.07) is 3.17. The van der Waals surface area contributed by atoms with E-state index in [1.54, 1.807) is 23.6 Å². The number of allylic oxidation sites excluding steroid dienone is 6. The number of hydrogen-bond donors (Lipinski definition) is 0. The second kappa shape index (κ2) is 4.91. The fourth-order valence-electron chi connectivity index (χ4n) is 1.35. The Morgan fingerprint density at radius 3 is 2.44 bits per heavy atom. The Balaban J connectivity index is 2.31. The van der Waals surface area contributed by atoms with Crippen molar-refractivity contribution in [2.24, 2.45) is 4.40 Å². The van der Waals surface area contributed by atoms with Crippen LogP contribution in [-0.2, 0) is 10.0 Å². The summed E-state index contributed by atoms with van der Waals surface area (Å²) in [5.74, 6) is -0.0670. The van der Waals surface area contributed by atoms with Crippen LogP contribution in [0.3, 0.4) is 0 Å². The molecule has 1 aliphatic carbocycles. The lowest BCUT2D eigenvalue weighted by Gasteiger charge is -2.10. The zero-order valence-electron chi connectivity index (χ0n) is 9.53. The van der Waals surface area contributed by atoms with Crippen LogP contribution in [0.25, 0.3) is 0 Å². The van der Waals surface area contributed by atoms with E-state index in [2.05, 4.69) is 4.40 Å². The van der Waals surface area contributed by atoms with Crippen molar-refractivity contribution in [2.45, 2.75) is 11.1 Å². The monoisotopic (exact) mass is 280 g/mol. The molecule has 0 radical (unpaired) electrons. The van der Waals surface area contributed by atoms with Crippen LogP contribution in [0.15, 0.2) is 61.8 Å². The SMILES string of the molecule is CC([O-])=C1C=CC(=NS(=O)(=O)c2cccs2)C=C1. The first-order chi connectivity index (χ1) is 8.49. The van der Waals surface area contributed by atoms with Crippen molar-refractivity contribution in [1.29, 1.82) is 0 Å². The normalized spacial score (nSPS) is 14.9. The molecule has 4 nitrogen and oxygen atoms in total. The minimum Gasteiger partial charge on any atom is -0.875 e. The van der Waals surface area contributed by atoms with Crippen molar-refractivity contribution in [3.8, 4) is 0 Å². The Hall–Kier alpha value is -1.66. The maximum absolute atomic E-state index is 11.9. The zero-order valence-corrected chi connectivity index (χ0v) is 11.2. The highest BCUT2D eigenvalue weighted by Gasteiger charge is 2.14. The van der Waals surface area contributed by atoms with Crippen molar-refractivity contribution >= 4 is 27.1 Å². The average molecular weight is 280 g/mol. The number of thiophene rings is 1. The first-order valence-electron chi connectivity index (χ1n) is 5.11. The van der Waals surface area contributed by atoms with Gasteiger partial charge in [0.25, 0.3) is 10.0 Å². The summed E-state index contributed by atoms with van der Waals surface area (Å²) in [7, 11) is -3.64. The molecule has 1 aliphatic rings. The van der Waals surface area contributed by atoms with Crippen molar-refractivity contribution in [1.82, 2.24) is 0 Å². The molecule has 6 heteroatoms. The summed E-state index contributed by atoms with van der Waals surface area (Å²) in [5, 5.41) is 12.8. The molecule has 0 aliphatic heterocycles. The van der Waals surface area contributed by atoms with Crippen LogP contribution < -0.4 is 5.11 Å². The molecule has 0 bridgehead atoms. The molecule has 0 amide bonds. The second-order valence-corrected chi connectivity index (χ2v) is 6.38. The minimum atomic E-state index is -3.64. The topological polar surface area (TPSA) is 69.6 Å². The van der Waals surface area contributed by atoms with Gasteiger partial charge in [-0.05, 0) is 29.2 Å². The molecule has 0 spiro atoms. The molecule has 94 valence electrons. The molecule has 0 fully saturated rings. The van der Waals surface area contributed by atoms with Gasteiger partial charge in [-0.3, -0.25) is 0 Å². The molecule has 1 aromatic heterocycles. The second-order valence-electron chi connectivity index (χ2n) is 3.60. The van der Waals surface area contributed by atoms with Crippen LogP contribution >= 0.6 is 11.3 Å². The molecular weight excluding hydrogens is 270 g/mol. The largest absolute Gasteiger partial charge is 0.875 e. The third kappa shape index (κ3) is 2.77. The van der Waals surface area contributed by atoms with Gasteiger partial charge in [-0.15, -0.1) is 17.1 Å². The molecule has 0 aromatic carbocycles. The predicted octanol–water partition coefficient (Wildman–Crippen LogP) is 1.64. The third-order valence-corrected chi connectivity index (χ3v) is 4.93. The first kappa shape index (κ1) is 12.8. The molecule has 0 atom stereocenters. The molecule has 1 aromatic rings. The first-order valence-corrected chi connectivity index (χ1v) is 7.43. The van der Waals surface area contributed by atoms with Gasteiger partial charge in [0, 0.05) is 0 Å². The fraction of sp³-hybridized carbons (Fsp3) is 0.0833. The van der Waals surface area contributed by atoms with Gasteiger partial charge >= 0.3 is 0 Å². The molecule has 2 rings (SSSR count). The summed E-state index contributed by atoms with van der Waals surface area (Å²) in [5.41, 5.74) is 0.843. The Morgan fingerprint density at radius 1 is 1.28 bits per heavy atom. The lowest BCUT2D eigenvalue weighted by Crippen LogP contribution is -2.05. The van der Waals surface area contributed by atoms with E-state index in [4.69, 9.17) is 0 Å². The highest BCUT2D eigenvalue weighted by Crippen LogP contribution is 2.19. The minimum absolute atomic E-state index is 0.0670. The van der Waals surface area contributed by atoms with Gasteiger partial charge in [-0.25, -0.2) is 0 Å². The van der Waals surface area contributed by atoms with Gasteiger partial charge in [0.15, 0.2) is 0 Å². The van der Waals surface area contributed by atoms with Gasteiger partial charge in [0.05, 0.1) is 5.71 Å². The lowest BCUT2D eigenvalue weighted by atomic mass is 10.1. The molecule has 0 saturated carbocycles. The highest BCUT2D eigenvalue weighted by atomic mass is 32.2. The van der Waals surface area contributed by atoms with Crippen LogP contribution in [0.1, 0.15) is 6.92 Å². The van der Waals surface area contributed by atoms with Crippen molar-refractivity contribution < 1.29 is 13.5 Å². The number of hydrogen-bond acceptors (Lipinski definition) is 4. The van der Waals surface area contributed by atoms with E-state index < -0.39 is 10.0 Å². The Bertz CT molecular complexity index is 640. The summed E-state index contributed by atoms with van der Waals surface area (Å²) in [6.07, 6.45) is 6.15. The molecular formula is C12H10NO3S2-. The van der Waals surface area contributed by atoms with E-state index in [1.807, 2.05) is 0 Å². The van der Waals surface area contributed by atoms with Gasteiger partial charge < -0.3 is 5.11 Å². The van der Waals surface area contributed by atoms with Crippen LogP contribution in [0.4, 0.5) is 0 Å². The smallest absolute Gasteiger partial charge is 0.292 e.